The topological polar surface area (TPSA) is 35.5 Å². The second-order valence-electron chi connectivity index (χ2n) is 5.19. The van der Waals surface area contributed by atoms with Gasteiger partial charge in [-0.05, 0) is 37.5 Å². The Balaban J connectivity index is 1.83. The van der Waals surface area contributed by atoms with Crippen LogP contribution in [-0.2, 0) is 0 Å². The van der Waals surface area contributed by atoms with Gasteiger partial charge in [-0.25, -0.2) is 0 Å². The maximum atomic E-state index is 12.3. The largest absolute Gasteiger partial charge is 0.497 e. The Hall–Kier alpha value is -1.77. The molecule has 0 fully saturated rings. The minimum atomic E-state index is 0.0262. The zero-order valence-electron chi connectivity index (χ0n) is 11.1. The summed E-state index contributed by atoms with van der Waals surface area (Å²) in [6.07, 6.45) is 8.14. The SMILES string of the molecule is COc1ccc2c(c1)C(=O)CC(C1CC=CCC1)O2. The molecule has 0 amide bonds. The van der Waals surface area contributed by atoms with Crippen LogP contribution in [0, 0.1) is 5.92 Å². The molecule has 0 spiro atoms. The summed E-state index contributed by atoms with van der Waals surface area (Å²) >= 11 is 0. The van der Waals surface area contributed by atoms with Gasteiger partial charge in [0.15, 0.2) is 5.78 Å². The molecule has 1 aromatic rings. The van der Waals surface area contributed by atoms with Gasteiger partial charge < -0.3 is 9.47 Å². The summed E-state index contributed by atoms with van der Waals surface area (Å²) in [5, 5.41) is 0. The standard InChI is InChI=1S/C16H18O3/c1-18-12-7-8-15-13(9-12)14(17)10-16(19-15)11-5-3-2-4-6-11/h2-3,7-9,11,16H,4-6,10H2,1H3. The van der Waals surface area contributed by atoms with E-state index in [0.717, 1.165) is 19.3 Å². The quantitative estimate of drug-likeness (QED) is 0.763. The number of ketones is 1. The highest BCUT2D eigenvalue weighted by atomic mass is 16.5. The summed E-state index contributed by atoms with van der Waals surface area (Å²) in [6.45, 7) is 0. The van der Waals surface area contributed by atoms with E-state index in [1.54, 1.807) is 13.2 Å². The average molecular weight is 258 g/mol. The van der Waals surface area contributed by atoms with Crippen molar-refractivity contribution in [3.63, 3.8) is 0 Å². The maximum Gasteiger partial charge on any atom is 0.170 e. The number of methoxy groups -OCH3 is 1. The van der Waals surface area contributed by atoms with Gasteiger partial charge in [-0.2, -0.15) is 0 Å². The Morgan fingerprint density at radius 2 is 2.21 bits per heavy atom. The summed E-state index contributed by atoms with van der Waals surface area (Å²) in [5.74, 6) is 2.04. The van der Waals surface area contributed by atoms with Crippen LogP contribution in [0.2, 0.25) is 0 Å². The summed E-state index contributed by atoms with van der Waals surface area (Å²) in [4.78, 5) is 12.3. The number of Topliss-reactive ketones (excluding diaryl/α,β-unsaturated/α-hetero) is 1. The highest BCUT2D eigenvalue weighted by Crippen LogP contribution is 2.35. The second-order valence-corrected chi connectivity index (χ2v) is 5.19. The molecule has 1 aliphatic carbocycles. The summed E-state index contributed by atoms with van der Waals surface area (Å²) in [6, 6.07) is 5.46. The van der Waals surface area contributed by atoms with Crippen LogP contribution in [0.1, 0.15) is 36.0 Å². The highest BCUT2D eigenvalue weighted by Gasteiger charge is 2.32. The lowest BCUT2D eigenvalue weighted by molar-refractivity contribution is 0.0713. The van der Waals surface area contributed by atoms with Crippen LogP contribution in [0.3, 0.4) is 0 Å². The summed E-state index contributed by atoms with van der Waals surface area (Å²) in [7, 11) is 1.60. The van der Waals surface area contributed by atoms with Crippen LogP contribution in [0.4, 0.5) is 0 Å². The molecule has 2 unspecified atom stereocenters. The van der Waals surface area contributed by atoms with Crippen molar-refractivity contribution in [3.05, 3.63) is 35.9 Å². The number of rotatable bonds is 2. The van der Waals surface area contributed by atoms with E-state index in [1.807, 2.05) is 12.1 Å². The van der Waals surface area contributed by atoms with Crippen LogP contribution in [0.5, 0.6) is 11.5 Å². The van der Waals surface area contributed by atoms with E-state index >= 15 is 0 Å². The van der Waals surface area contributed by atoms with Gasteiger partial charge in [-0.15, -0.1) is 0 Å². The van der Waals surface area contributed by atoms with E-state index in [9.17, 15) is 4.79 Å². The number of hydrogen-bond donors (Lipinski definition) is 0. The van der Waals surface area contributed by atoms with Gasteiger partial charge in [0.1, 0.15) is 17.6 Å². The van der Waals surface area contributed by atoms with Crippen molar-refractivity contribution in [1.29, 1.82) is 0 Å². The Bertz CT molecular complexity index is 519. The molecule has 0 saturated carbocycles. The summed E-state index contributed by atoms with van der Waals surface area (Å²) in [5.41, 5.74) is 0.655. The first-order valence-corrected chi connectivity index (χ1v) is 6.81. The predicted molar refractivity (Wildman–Crippen MR) is 72.8 cm³/mol. The zero-order valence-corrected chi connectivity index (χ0v) is 11.1. The van der Waals surface area contributed by atoms with Gasteiger partial charge >= 0.3 is 0 Å². The molecular weight excluding hydrogens is 240 g/mol. The lowest BCUT2D eigenvalue weighted by Gasteiger charge is -2.32. The molecule has 100 valence electrons. The number of carbonyl (C=O) groups is 1. The second kappa shape index (κ2) is 5.08. The fraction of sp³-hybridized carbons (Fsp3) is 0.438. The van der Waals surface area contributed by atoms with Crippen molar-refractivity contribution in [2.45, 2.75) is 31.8 Å². The number of carbonyl (C=O) groups excluding carboxylic acids is 1. The molecule has 2 atom stereocenters. The van der Waals surface area contributed by atoms with Gasteiger partial charge in [0, 0.05) is 12.3 Å². The lowest BCUT2D eigenvalue weighted by atomic mass is 9.85. The van der Waals surface area contributed by atoms with E-state index in [2.05, 4.69) is 12.2 Å². The number of benzene rings is 1. The molecule has 1 aromatic carbocycles. The van der Waals surface area contributed by atoms with E-state index in [1.165, 1.54) is 0 Å². The number of hydrogen-bond acceptors (Lipinski definition) is 3. The van der Waals surface area contributed by atoms with Crippen LogP contribution < -0.4 is 9.47 Å². The Morgan fingerprint density at radius 3 is 2.95 bits per heavy atom. The first-order valence-electron chi connectivity index (χ1n) is 6.81. The molecule has 0 saturated heterocycles. The van der Waals surface area contributed by atoms with Crippen molar-refractivity contribution in [2.75, 3.05) is 7.11 Å². The van der Waals surface area contributed by atoms with Gasteiger partial charge in [-0.3, -0.25) is 4.79 Å². The van der Waals surface area contributed by atoms with E-state index in [-0.39, 0.29) is 11.9 Å². The van der Waals surface area contributed by atoms with Gasteiger partial charge in [-0.1, -0.05) is 12.2 Å². The highest BCUT2D eigenvalue weighted by molar-refractivity contribution is 6.00. The fourth-order valence-electron chi connectivity index (χ4n) is 2.87. The van der Waals surface area contributed by atoms with Gasteiger partial charge in [0.2, 0.25) is 0 Å². The van der Waals surface area contributed by atoms with Gasteiger partial charge in [0.25, 0.3) is 0 Å². The minimum Gasteiger partial charge on any atom is -0.497 e. The van der Waals surface area contributed by atoms with Crippen molar-refractivity contribution in [1.82, 2.24) is 0 Å². The van der Waals surface area contributed by atoms with Crippen molar-refractivity contribution >= 4 is 5.78 Å². The predicted octanol–water partition coefficient (Wildman–Crippen LogP) is 3.39. The minimum absolute atomic E-state index is 0.0262. The van der Waals surface area contributed by atoms with Crippen LogP contribution in [-0.4, -0.2) is 19.0 Å². The molecule has 3 nitrogen and oxygen atoms in total. The molecule has 3 heteroatoms. The zero-order chi connectivity index (χ0) is 13.2. The molecule has 19 heavy (non-hydrogen) atoms. The van der Waals surface area contributed by atoms with E-state index in [4.69, 9.17) is 9.47 Å². The lowest BCUT2D eigenvalue weighted by Crippen LogP contribution is -2.34. The summed E-state index contributed by atoms with van der Waals surface area (Å²) < 4.78 is 11.2. The van der Waals surface area contributed by atoms with E-state index < -0.39 is 0 Å². The van der Waals surface area contributed by atoms with Crippen LogP contribution in [0.15, 0.2) is 30.4 Å². The number of allylic oxidation sites excluding steroid dienone is 2. The van der Waals surface area contributed by atoms with Crippen molar-refractivity contribution in [3.8, 4) is 11.5 Å². The van der Waals surface area contributed by atoms with E-state index in [0.29, 0.717) is 29.4 Å². The van der Waals surface area contributed by atoms with Crippen LogP contribution in [0.25, 0.3) is 0 Å². The maximum absolute atomic E-state index is 12.3. The third-order valence-corrected chi connectivity index (χ3v) is 3.99. The molecule has 1 aliphatic heterocycles. The van der Waals surface area contributed by atoms with Crippen molar-refractivity contribution in [2.24, 2.45) is 5.92 Å². The molecule has 2 aliphatic rings. The smallest absolute Gasteiger partial charge is 0.170 e. The molecule has 0 radical (unpaired) electrons. The molecule has 1 heterocycles. The molecule has 0 bridgehead atoms. The Morgan fingerprint density at radius 1 is 1.32 bits per heavy atom. The number of fused-ring (bicyclic) bond motifs is 1. The van der Waals surface area contributed by atoms with Gasteiger partial charge in [0.05, 0.1) is 12.7 Å². The third-order valence-electron chi connectivity index (χ3n) is 3.99. The average Bonchev–Trinajstić information content (AvgIpc) is 2.48. The molecular formula is C16H18O3. The number of ether oxygens (including phenoxy) is 2. The normalized spacial score (nSPS) is 25.6. The molecule has 0 aromatic heterocycles. The van der Waals surface area contributed by atoms with Crippen molar-refractivity contribution < 1.29 is 14.3 Å². The third kappa shape index (κ3) is 2.37. The Kier molecular flexibility index (Phi) is 3.28. The molecule has 0 N–H and O–H groups in total. The Labute approximate surface area is 113 Å². The first kappa shape index (κ1) is 12.3. The monoisotopic (exact) mass is 258 g/mol. The fourth-order valence-corrected chi connectivity index (χ4v) is 2.87. The first-order chi connectivity index (χ1) is 9.28. The van der Waals surface area contributed by atoms with Crippen LogP contribution >= 0.6 is 0 Å². The molecule has 3 rings (SSSR count).